The van der Waals surface area contributed by atoms with Gasteiger partial charge in [0.1, 0.15) is 11.5 Å². The average molecular weight is 472 g/mol. The Labute approximate surface area is 196 Å². The highest BCUT2D eigenvalue weighted by Gasteiger charge is 2.56. The minimum atomic E-state index is -1.91. The summed E-state index contributed by atoms with van der Waals surface area (Å²) in [5.74, 6) is -1.98. The van der Waals surface area contributed by atoms with Gasteiger partial charge in [-0.1, -0.05) is 24.3 Å². The Balaban J connectivity index is 2.11. The number of esters is 2. The van der Waals surface area contributed by atoms with Crippen LogP contribution in [0.4, 0.5) is 0 Å². The summed E-state index contributed by atoms with van der Waals surface area (Å²) in [5.41, 5.74) is -1.95. The minimum absolute atomic E-state index is 0.00855. The third-order valence-electron chi connectivity index (χ3n) is 5.78. The van der Waals surface area contributed by atoms with E-state index in [-0.39, 0.29) is 35.7 Å². The van der Waals surface area contributed by atoms with Crippen LogP contribution in [0.25, 0.3) is 5.57 Å². The molecule has 2 atom stereocenters. The van der Waals surface area contributed by atoms with Gasteiger partial charge in [0.15, 0.2) is 0 Å². The highest BCUT2D eigenvalue weighted by molar-refractivity contribution is 6.11. The van der Waals surface area contributed by atoms with Crippen LogP contribution in [0.1, 0.15) is 30.5 Å². The Morgan fingerprint density at radius 3 is 2.32 bits per heavy atom. The second-order valence-electron chi connectivity index (χ2n) is 8.68. The van der Waals surface area contributed by atoms with Gasteiger partial charge in [0.2, 0.25) is 11.4 Å². The number of aliphatic hydroxyl groups is 2. The molecule has 2 aromatic rings. The fraction of sp³-hybridized carbons (Fsp3) is 0.360. The third-order valence-corrected chi connectivity index (χ3v) is 5.78. The van der Waals surface area contributed by atoms with Gasteiger partial charge in [-0.05, 0) is 48.7 Å². The molecule has 9 nitrogen and oxygen atoms in total. The van der Waals surface area contributed by atoms with Gasteiger partial charge in [0.25, 0.3) is 0 Å². The number of carbonyl (C=O) groups excluding carboxylic acids is 2. The molecule has 1 aliphatic heterocycles. The maximum atomic E-state index is 13.1. The Bertz CT molecular complexity index is 1110. The van der Waals surface area contributed by atoms with Crippen LogP contribution in [-0.2, 0) is 36.6 Å². The largest absolute Gasteiger partial charge is 0.508 e. The Kier molecular flexibility index (Phi) is 6.90. The summed E-state index contributed by atoms with van der Waals surface area (Å²) in [6.45, 7) is 2.90. The monoisotopic (exact) mass is 472 g/mol. The number of hydrogen-bond donors (Lipinski definition) is 4. The van der Waals surface area contributed by atoms with E-state index in [1.807, 2.05) is 0 Å². The minimum Gasteiger partial charge on any atom is -0.508 e. The lowest BCUT2D eigenvalue weighted by Gasteiger charge is -2.29. The first kappa shape index (κ1) is 25.1. The molecule has 9 heteroatoms. The molecular formula is C25H28O9. The molecule has 0 radical (unpaired) electrons. The second-order valence-corrected chi connectivity index (χ2v) is 8.68. The van der Waals surface area contributed by atoms with Crippen molar-refractivity contribution in [3.8, 4) is 11.5 Å². The number of ether oxygens (including phenoxy) is 3. The van der Waals surface area contributed by atoms with Crippen molar-refractivity contribution in [3.63, 3.8) is 0 Å². The molecule has 182 valence electrons. The number of carbonyl (C=O) groups is 2. The Hall–Kier alpha value is -3.56. The standard InChI is InChI=1S/C25H28O9/c1-24(2,31)19(28)12-16-11-14(5-10-18(16)27)13-25(23(30)33-4)20(21(32-3)22(29)34-25)15-6-8-17(26)9-7-15/h5-11,19,26-28,31H,12-13H2,1-4H3/t19-,25-/m1/s1. The molecule has 0 saturated carbocycles. The summed E-state index contributed by atoms with van der Waals surface area (Å²) < 4.78 is 15.9. The predicted molar refractivity (Wildman–Crippen MR) is 121 cm³/mol. The van der Waals surface area contributed by atoms with Gasteiger partial charge in [0, 0.05) is 12.8 Å². The summed E-state index contributed by atoms with van der Waals surface area (Å²) in [7, 11) is 2.44. The van der Waals surface area contributed by atoms with E-state index in [9.17, 15) is 30.0 Å². The molecule has 0 fully saturated rings. The molecule has 0 saturated heterocycles. The SMILES string of the molecule is COC(=O)[C@]1(Cc2ccc(O)c(C[C@@H](O)C(C)(C)O)c2)OC(=O)C(OC)=C1c1ccc(O)cc1. The zero-order valence-corrected chi connectivity index (χ0v) is 19.4. The molecule has 1 heterocycles. The van der Waals surface area contributed by atoms with Crippen molar-refractivity contribution in [1.29, 1.82) is 0 Å². The highest BCUT2D eigenvalue weighted by atomic mass is 16.6. The first-order valence-corrected chi connectivity index (χ1v) is 10.5. The van der Waals surface area contributed by atoms with Crippen molar-refractivity contribution in [2.75, 3.05) is 14.2 Å². The molecule has 4 N–H and O–H groups in total. The fourth-order valence-electron chi connectivity index (χ4n) is 3.88. The second kappa shape index (κ2) is 9.36. The number of phenolic OH excluding ortho intramolecular Hbond substituents is 2. The molecule has 0 spiro atoms. The number of aliphatic hydroxyl groups excluding tert-OH is 1. The molecule has 0 aromatic heterocycles. The van der Waals surface area contributed by atoms with Gasteiger partial charge < -0.3 is 34.6 Å². The number of benzene rings is 2. The number of methoxy groups -OCH3 is 2. The number of cyclic esters (lactones) is 1. The molecule has 34 heavy (non-hydrogen) atoms. The molecule has 0 aliphatic carbocycles. The lowest BCUT2D eigenvalue weighted by atomic mass is 9.82. The van der Waals surface area contributed by atoms with Crippen molar-refractivity contribution >= 4 is 17.5 Å². The van der Waals surface area contributed by atoms with Crippen LogP contribution >= 0.6 is 0 Å². The van der Waals surface area contributed by atoms with Gasteiger partial charge in [-0.2, -0.15) is 0 Å². The summed E-state index contributed by atoms with van der Waals surface area (Å²) in [4.78, 5) is 25.8. The highest BCUT2D eigenvalue weighted by Crippen LogP contribution is 2.44. The normalized spacial score (nSPS) is 19.1. The maximum Gasteiger partial charge on any atom is 0.375 e. The summed E-state index contributed by atoms with van der Waals surface area (Å²) in [6, 6.07) is 10.3. The van der Waals surface area contributed by atoms with Gasteiger partial charge in [-0.25, -0.2) is 9.59 Å². The van der Waals surface area contributed by atoms with Gasteiger partial charge in [0.05, 0.1) is 31.5 Å². The van der Waals surface area contributed by atoms with Crippen LogP contribution in [0.5, 0.6) is 11.5 Å². The number of hydrogen-bond acceptors (Lipinski definition) is 9. The van der Waals surface area contributed by atoms with Gasteiger partial charge >= 0.3 is 11.9 Å². The summed E-state index contributed by atoms with van der Waals surface area (Å²) >= 11 is 0. The first-order valence-electron chi connectivity index (χ1n) is 10.5. The van der Waals surface area contributed by atoms with Crippen LogP contribution in [0.2, 0.25) is 0 Å². The quantitative estimate of drug-likeness (QED) is 0.423. The van der Waals surface area contributed by atoms with E-state index in [4.69, 9.17) is 14.2 Å². The first-order chi connectivity index (χ1) is 15.9. The van der Waals surface area contributed by atoms with E-state index < -0.39 is 29.2 Å². The van der Waals surface area contributed by atoms with E-state index in [1.165, 1.54) is 58.4 Å². The van der Waals surface area contributed by atoms with Crippen LogP contribution in [-0.4, -0.2) is 63.9 Å². The van der Waals surface area contributed by atoms with E-state index in [1.54, 1.807) is 12.1 Å². The van der Waals surface area contributed by atoms with Gasteiger partial charge in [-0.15, -0.1) is 0 Å². The van der Waals surface area contributed by atoms with Gasteiger partial charge in [-0.3, -0.25) is 0 Å². The van der Waals surface area contributed by atoms with Crippen LogP contribution in [0, 0.1) is 0 Å². The lowest BCUT2D eigenvalue weighted by Crippen LogP contribution is -2.44. The smallest absolute Gasteiger partial charge is 0.375 e. The van der Waals surface area contributed by atoms with E-state index >= 15 is 0 Å². The average Bonchev–Trinajstić information content (AvgIpc) is 3.07. The Morgan fingerprint density at radius 2 is 1.76 bits per heavy atom. The van der Waals surface area contributed by atoms with Crippen molar-refractivity contribution < 1.29 is 44.2 Å². The zero-order valence-electron chi connectivity index (χ0n) is 19.4. The van der Waals surface area contributed by atoms with E-state index in [0.717, 1.165) is 0 Å². The van der Waals surface area contributed by atoms with Crippen molar-refractivity contribution in [3.05, 3.63) is 64.9 Å². The van der Waals surface area contributed by atoms with Crippen LogP contribution < -0.4 is 0 Å². The fourth-order valence-corrected chi connectivity index (χ4v) is 3.88. The maximum absolute atomic E-state index is 13.1. The molecule has 1 aliphatic rings. The lowest BCUT2D eigenvalue weighted by molar-refractivity contribution is -0.169. The number of phenols is 2. The Morgan fingerprint density at radius 1 is 1.12 bits per heavy atom. The molecular weight excluding hydrogens is 444 g/mol. The van der Waals surface area contributed by atoms with E-state index in [0.29, 0.717) is 16.7 Å². The molecule has 3 rings (SSSR count). The topological polar surface area (TPSA) is 143 Å². The molecule has 0 unspecified atom stereocenters. The number of aromatic hydroxyl groups is 2. The van der Waals surface area contributed by atoms with Crippen molar-refractivity contribution in [2.24, 2.45) is 0 Å². The summed E-state index contributed by atoms with van der Waals surface area (Å²) in [5, 5.41) is 40.3. The number of rotatable bonds is 8. The molecule has 2 aromatic carbocycles. The van der Waals surface area contributed by atoms with Crippen molar-refractivity contribution in [2.45, 2.75) is 44.0 Å². The van der Waals surface area contributed by atoms with Crippen LogP contribution in [0.15, 0.2) is 48.2 Å². The predicted octanol–water partition coefficient (Wildman–Crippen LogP) is 1.84. The molecule has 0 bridgehead atoms. The van der Waals surface area contributed by atoms with Crippen LogP contribution in [0.3, 0.4) is 0 Å². The zero-order chi connectivity index (χ0) is 25.3. The van der Waals surface area contributed by atoms with Crippen molar-refractivity contribution in [1.82, 2.24) is 0 Å². The van der Waals surface area contributed by atoms with E-state index in [2.05, 4.69) is 0 Å². The third kappa shape index (κ3) is 4.71. The summed E-state index contributed by atoms with van der Waals surface area (Å²) in [6.07, 6.45) is -1.39. The molecule has 0 amide bonds.